The minimum atomic E-state index is -0.686. The molecular formula is C53H40ClF2N5O5. The zero-order valence-electron chi connectivity index (χ0n) is 35.9. The number of hydrogen-bond donors (Lipinski definition) is 1. The first-order valence-corrected chi connectivity index (χ1v) is 21.6. The second kappa shape index (κ2) is 18.1. The van der Waals surface area contributed by atoms with Crippen LogP contribution in [0.15, 0.2) is 146 Å². The van der Waals surface area contributed by atoms with Crippen molar-refractivity contribution in [3.8, 4) is 22.3 Å². The lowest BCUT2D eigenvalue weighted by Crippen LogP contribution is -2.33. The summed E-state index contributed by atoms with van der Waals surface area (Å²) in [6.07, 6.45) is 0. The lowest BCUT2D eigenvalue weighted by atomic mass is 9.95. The number of benzene rings is 6. The maximum atomic E-state index is 14.3. The number of carbonyl (C=O) groups is 4. The molecule has 0 aliphatic carbocycles. The van der Waals surface area contributed by atoms with Crippen molar-refractivity contribution in [1.82, 2.24) is 19.8 Å². The minimum Gasteiger partial charge on any atom is -0.383 e. The Hall–Kier alpha value is -7.67. The van der Waals surface area contributed by atoms with Crippen LogP contribution in [0, 0.1) is 11.6 Å². The molecule has 2 aromatic heterocycles. The fourth-order valence-electron chi connectivity index (χ4n) is 8.68. The van der Waals surface area contributed by atoms with E-state index in [2.05, 4.69) is 5.32 Å². The first kappa shape index (κ1) is 43.6. The molecule has 1 N–H and O–H groups in total. The summed E-state index contributed by atoms with van der Waals surface area (Å²) in [5, 5.41) is 4.80. The van der Waals surface area contributed by atoms with E-state index in [1.165, 1.54) is 34.1 Å². The van der Waals surface area contributed by atoms with E-state index in [1.807, 2.05) is 60.7 Å². The number of hydrogen-bond acceptors (Lipinski definition) is 8. The molecule has 0 saturated carbocycles. The Bertz CT molecular complexity index is 3170. The van der Waals surface area contributed by atoms with Gasteiger partial charge >= 0.3 is 0 Å². The minimum absolute atomic E-state index is 0.328. The molecular weight excluding hydrogens is 860 g/mol. The van der Waals surface area contributed by atoms with E-state index in [0.29, 0.717) is 90.4 Å². The van der Waals surface area contributed by atoms with Gasteiger partial charge in [0.1, 0.15) is 11.6 Å². The predicted octanol–water partition coefficient (Wildman–Crippen LogP) is 11.5. The molecule has 2 aliphatic rings. The summed E-state index contributed by atoms with van der Waals surface area (Å²) < 4.78 is 33.5. The second-order valence-electron chi connectivity index (χ2n) is 15.8. The zero-order chi connectivity index (χ0) is 46.2. The predicted molar refractivity (Wildman–Crippen MR) is 250 cm³/mol. The number of nitrogens with one attached hydrogen (secondary N) is 1. The third-order valence-electron chi connectivity index (χ3n) is 11.8. The van der Waals surface area contributed by atoms with E-state index in [4.69, 9.17) is 26.3 Å². The number of imide groups is 2. The molecule has 0 saturated heterocycles. The van der Waals surface area contributed by atoms with Crippen LogP contribution in [0.25, 0.3) is 44.1 Å². The topological polar surface area (TPSA) is 122 Å². The van der Waals surface area contributed by atoms with E-state index in [1.54, 1.807) is 81.6 Å². The van der Waals surface area contributed by atoms with Crippen molar-refractivity contribution in [3.05, 3.63) is 196 Å². The molecule has 13 heteroatoms. The van der Waals surface area contributed by atoms with Gasteiger partial charge in [-0.2, -0.15) is 0 Å². The van der Waals surface area contributed by atoms with Gasteiger partial charge in [-0.25, -0.2) is 18.7 Å². The average Bonchev–Trinajstić information content (AvgIpc) is 3.75. The number of aromatic nitrogens is 2. The van der Waals surface area contributed by atoms with Gasteiger partial charge in [0.25, 0.3) is 23.6 Å². The molecule has 6 aromatic carbocycles. The van der Waals surface area contributed by atoms with Crippen LogP contribution in [0.3, 0.4) is 0 Å². The first-order valence-electron chi connectivity index (χ1n) is 21.2. The number of nitrogens with zero attached hydrogens (tertiary/aromatic N) is 4. The van der Waals surface area contributed by atoms with Gasteiger partial charge in [-0.3, -0.25) is 29.0 Å². The summed E-state index contributed by atoms with van der Waals surface area (Å²) in [5.74, 6) is -2.25. The lowest BCUT2D eigenvalue weighted by Gasteiger charge is -2.27. The third-order valence-corrected chi connectivity index (χ3v) is 12.2. The van der Waals surface area contributed by atoms with Crippen LogP contribution in [-0.2, 0) is 4.74 Å². The van der Waals surface area contributed by atoms with E-state index < -0.39 is 17.9 Å². The molecule has 0 radical (unpaired) electrons. The van der Waals surface area contributed by atoms with Crippen molar-refractivity contribution in [2.75, 3.05) is 25.6 Å². The lowest BCUT2D eigenvalue weighted by molar-refractivity contribution is 0.0577. The van der Waals surface area contributed by atoms with Crippen LogP contribution in [-0.4, -0.2) is 63.7 Å². The van der Waals surface area contributed by atoms with Crippen molar-refractivity contribution < 1.29 is 32.7 Å². The molecule has 10 nitrogen and oxygen atoms in total. The van der Waals surface area contributed by atoms with Crippen molar-refractivity contribution in [2.24, 2.45) is 0 Å². The number of amides is 4. The monoisotopic (exact) mass is 899 g/mol. The van der Waals surface area contributed by atoms with Crippen LogP contribution in [0.1, 0.15) is 78.8 Å². The summed E-state index contributed by atoms with van der Waals surface area (Å²) in [5.41, 5.74) is 7.14. The Morgan fingerprint density at radius 1 is 0.561 bits per heavy atom. The Morgan fingerprint density at radius 2 is 0.955 bits per heavy atom. The molecule has 328 valence electrons. The average molecular weight is 900 g/mol. The Balaban J connectivity index is 0.000000167. The van der Waals surface area contributed by atoms with E-state index in [-0.39, 0.29) is 29.4 Å². The van der Waals surface area contributed by atoms with Crippen molar-refractivity contribution in [3.63, 3.8) is 0 Å². The van der Waals surface area contributed by atoms with Gasteiger partial charge in [0.2, 0.25) is 0 Å². The smallest absolute Gasteiger partial charge is 0.262 e. The molecule has 0 fully saturated rings. The van der Waals surface area contributed by atoms with Gasteiger partial charge in [0.15, 0.2) is 0 Å². The highest BCUT2D eigenvalue weighted by atomic mass is 35.5. The normalized spacial score (nSPS) is 14.0. The van der Waals surface area contributed by atoms with E-state index >= 15 is 0 Å². The summed E-state index contributed by atoms with van der Waals surface area (Å²) in [6.45, 7) is 4.47. The number of fused-ring (bicyclic) bond motifs is 4. The molecule has 0 bridgehead atoms. The SMILES string of the molecule is CC(c1nc2ccc(F)cc2c(Cl)c1-c1ccccc1)N1C(=O)c2ccccc2C1=O.COCCNc1c(-c2ccccc2)c(C(C)N2C(=O)c3ccccc3C2=O)nc2ccc(F)cc12. The van der Waals surface area contributed by atoms with Gasteiger partial charge in [-0.1, -0.05) is 96.5 Å². The Labute approximate surface area is 383 Å². The maximum absolute atomic E-state index is 14.3. The van der Waals surface area contributed by atoms with Crippen molar-refractivity contribution in [1.29, 1.82) is 0 Å². The molecule has 66 heavy (non-hydrogen) atoms. The van der Waals surface area contributed by atoms with Crippen LogP contribution in [0.5, 0.6) is 0 Å². The molecule has 2 atom stereocenters. The first-order chi connectivity index (χ1) is 32.0. The van der Waals surface area contributed by atoms with Gasteiger partial charge in [0.05, 0.1) is 74.1 Å². The second-order valence-corrected chi connectivity index (χ2v) is 16.2. The van der Waals surface area contributed by atoms with Crippen LogP contribution >= 0.6 is 11.6 Å². The number of anilines is 1. The quantitative estimate of drug-likeness (QED) is 0.106. The molecule has 8 aromatic rings. The van der Waals surface area contributed by atoms with E-state index in [9.17, 15) is 28.0 Å². The molecule has 2 aliphatic heterocycles. The summed E-state index contributed by atoms with van der Waals surface area (Å²) in [4.78, 5) is 64.7. The zero-order valence-corrected chi connectivity index (χ0v) is 36.6. The van der Waals surface area contributed by atoms with Gasteiger partial charge in [0, 0.05) is 35.6 Å². The van der Waals surface area contributed by atoms with Gasteiger partial charge in [-0.05, 0) is 85.6 Å². The third kappa shape index (κ3) is 7.73. The number of methoxy groups -OCH3 is 1. The van der Waals surface area contributed by atoms with Crippen LogP contribution in [0.4, 0.5) is 14.5 Å². The maximum Gasteiger partial charge on any atom is 0.262 e. The molecule has 2 unspecified atom stereocenters. The number of rotatable bonds is 10. The Kier molecular flexibility index (Phi) is 11.9. The van der Waals surface area contributed by atoms with Gasteiger partial charge in [-0.15, -0.1) is 0 Å². The number of halogens is 3. The van der Waals surface area contributed by atoms with E-state index in [0.717, 1.165) is 11.1 Å². The summed E-state index contributed by atoms with van der Waals surface area (Å²) >= 11 is 6.77. The number of ether oxygens (including phenoxy) is 1. The van der Waals surface area contributed by atoms with Crippen LogP contribution in [0.2, 0.25) is 5.02 Å². The molecule has 0 spiro atoms. The highest BCUT2D eigenvalue weighted by Gasteiger charge is 2.42. The highest BCUT2D eigenvalue weighted by molar-refractivity contribution is 6.38. The number of pyridine rings is 2. The van der Waals surface area contributed by atoms with Crippen molar-refractivity contribution in [2.45, 2.75) is 25.9 Å². The largest absolute Gasteiger partial charge is 0.383 e. The van der Waals surface area contributed by atoms with Crippen LogP contribution < -0.4 is 5.32 Å². The highest BCUT2D eigenvalue weighted by Crippen LogP contribution is 2.44. The summed E-state index contributed by atoms with van der Waals surface area (Å²) in [7, 11) is 1.61. The molecule has 4 heterocycles. The Morgan fingerprint density at radius 3 is 1.41 bits per heavy atom. The fourth-order valence-corrected chi connectivity index (χ4v) is 9.03. The molecule has 4 amide bonds. The van der Waals surface area contributed by atoms with Crippen molar-refractivity contribution >= 4 is 62.7 Å². The summed E-state index contributed by atoms with van der Waals surface area (Å²) in [6, 6.07) is 39.7. The number of carbonyl (C=O) groups excluding carboxylic acids is 4. The fraction of sp³-hybridized carbons (Fsp3) is 0.132. The standard InChI is InChI=1S/C28H24FN3O3.C25H16ClFN2O2/c1-17(32-27(33)20-10-6-7-11-21(20)28(32)34)25-24(18-8-4-3-5-9-18)26(30-14-15-35-2)22-16-19(29)12-13-23(22)31-25;1-14(29-24(30)17-9-5-6-10-18(17)25(29)31)23-21(15-7-3-2-4-8-15)22(26)19-13-16(27)11-12-20(19)28-23/h3-13,16-17H,14-15H2,1-2H3,(H,30,31);2-14H,1H3. The molecule has 10 rings (SSSR count). The van der Waals surface area contributed by atoms with Gasteiger partial charge < -0.3 is 10.1 Å².